The standard InChI is InChI=1S/C47H88NO8P/c1-6-8-10-12-14-16-18-20-22-24-26-28-30-32-34-36-38-40-47(50)56-45(44-55-57(51,52)54-42-41-48(3,4)5)43-53-46(49)39-37-35-33-31-29-27-25-23-21-19-17-15-13-11-9-7-2/h8,10,14,16,20,22,45H,6-7,9,11-13,15,17-19,21,23-44H2,1-5H3/b10-8-,16-14-,22-20-. The number of rotatable bonds is 42. The van der Waals surface area contributed by atoms with E-state index in [9.17, 15) is 19.0 Å². The van der Waals surface area contributed by atoms with Gasteiger partial charge in [0, 0.05) is 12.8 Å². The second-order valence-electron chi connectivity index (χ2n) is 16.7. The van der Waals surface area contributed by atoms with Gasteiger partial charge in [-0.25, -0.2) is 0 Å². The maximum atomic E-state index is 12.7. The van der Waals surface area contributed by atoms with E-state index in [1.807, 2.05) is 21.1 Å². The van der Waals surface area contributed by atoms with Crippen molar-refractivity contribution in [2.75, 3.05) is 47.5 Å². The first kappa shape index (κ1) is 55.2. The number of quaternary nitrogens is 1. The van der Waals surface area contributed by atoms with Crippen LogP contribution in [-0.2, 0) is 32.7 Å². The molecule has 2 unspecified atom stereocenters. The molecule has 0 rings (SSSR count). The van der Waals surface area contributed by atoms with Crippen molar-refractivity contribution < 1.29 is 42.1 Å². The summed E-state index contributed by atoms with van der Waals surface area (Å²) < 4.78 is 33.9. The summed E-state index contributed by atoms with van der Waals surface area (Å²) in [4.78, 5) is 37.6. The molecule has 0 saturated carbocycles. The number of allylic oxidation sites excluding steroid dienone is 6. The number of carbonyl (C=O) groups excluding carboxylic acids is 2. The van der Waals surface area contributed by atoms with Crippen LogP contribution in [0.4, 0.5) is 0 Å². The highest BCUT2D eigenvalue weighted by molar-refractivity contribution is 7.45. The Hall–Kier alpha value is -1.77. The average molecular weight is 826 g/mol. The zero-order valence-corrected chi connectivity index (χ0v) is 38.4. The highest BCUT2D eigenvalue weighted by Gasteiger charge is 2.21. The number of nitrogens with zero attached hydrogens (tertiary/aromatic N) is 1. The van der Waals surface area contributed by atoms with Crippen molar-refractivity contribution in [1.82, 2.24) is 0 Å². The molecule has 9 nitrogen and oxygen atoms in total. The molecule has 0 saturated heterocycles. The Kier molecular flexibility index (Phi) is 38.4. The summed E-state index contributed by atoms with van der Waals surface area (Å²) in [6, 6.07) is 0. The van der Waals surface area contributed by atoms with Gasteiger partial charge in [-0.15, -0.1) is 0 Å². The Morgan fingerprint density at radius 3 is 1.49 bits per heavy atom. The summed E-state index contributed by atoms with van der Waals surface area (Å²) in [5.41, 5.74) is 0. The van der Waals surface area contributed by atoms with Crippen molar-refractivity contribution in [3.05, 3.63) is 36.5 Å². The van der Waals surface area contributed by atoms with Gasteiger partial charge in [-0.1, -0.05) is 179 Å². The SMILES string of the molecule is CC/C=C\C/C=C\C/C=C\CCCCCCCCCC(=O)OC(COC(=O)CCCCCCCCCCCCCCCCCC)COP(=O)([O-])OCC[N+](C)(C)C. The zero-order chi connectivity index (χ0) is 42.1. The van der Waals surface area contributed by atoms with Crippen LogP contribution in [0.25, 0.3) is 0 Å². The molecule has 0 aliphatic rings. The topological polar surface area (TPSA) is 111 Å². The van der Waals surface area contributed by atoms with Crippen LogP contribution in [0.1, 0.15) is 200 Å². The molecule has 0 aliphatic carbocycles. The van der Waals surface area contributed by atoms with E-state index in [2.05, 4.69) is 50.3 Å². The minimum absolute atomic E-state index is 0.0322. The lowest BCUT2D eigenvalue weighted by atomic mass is 10.0. The summed E-state index contributed by atoms with van der Waals surface area (Å²) in [7, 11) is 1.16. The number of carbonyl (C=O) groups is 2. The summed E-state index contributed by atoms with van der Waals surface area (Å²) in [5.74, 6) is -0.840. The molecule has 0 bridgehead atoms. The first-order valence-corrected chi connectivity index (χ1v) is 24.7. The predicted octanol–water partition coefficient (Wildman–Crippen LogP) is 12.7. The van der Waals surface area contributed by atoms with Crippen LogP contribution in [-0.4, -0.2) is 70.0 Å². The van der Waals surface area contributed by atoms with Gasteiger partial charge < -0.3 is 27.9 Å². The Labute approximate surface area is 351 Å². The molecule has 2 atom stereocenters. The fraction of sp³-hybridized carbons (Fsp3) is 0.830. The molecule has 0 fully saturated rings. The van der Waals surface area contributed by atoms with Crippen molar-refractivity contribution in [3.63, 3.8) is 0 Å². The van der Waals surface area contributed by atoms with Gasteiger partial charge in [0.1, 0.15) is 19.8 Å². The lowest BCUT2D eigenvalue weighted by molar-refractivity contribution is -0.870. The molecule has 0 aromatic heterocycles. The van der Waals surface area contributed by atoms with Crippen LogP contribution < -0.4 is 4.89 Å². The van der Waals surface area contributed by atoms with Gasteiger partial charge in [0.2, 0.25) is 0 Å². The van der Waals surface area contributed by atoms with E-state index in [0.717, 1.165) is 64.2 Å². The molecule has 0 radical (unpaired) electrons. The number of phosphoric acid groups is 1. The minimum atomic E-state index is -4.63. The second kappa shape index (κ2) is 39.7. The minimum Gasteiger partial charge on any atom is -0.756 e. The van der Waals surface area contributed by atoms with Crippen molar-refractivity contribution >= 4 is 19.8 Å². The Balaban J connectivity index is 4.32. The maximum Gasteiger partial charge on any atom is 0.306 e. The van der Waals surface area contributed by atoms with Crippen molar-refractivity contribution in [2.45, 2.75) is 206 Å². The number of phosphoric ester groups is 1. The van der Waals surface area contributed by atoms with Gasteiger partial charge >= 0.3 is 11.9 Å². The lowest BCUT2D eigenvalue weighted by Gasteiger charge is -2.28. The molecule has 10 heteroatoms. The summed E-state index contributed by atoms with van der Waals surface area (Å²) >= 11 is 0. The molecule has 0 amide bonds. The lowest BCUT2D eigenvalue weighted by Crippen LogP contribution is -2.37. The monoisotopic (exact) mass is 826 g/mol. The molecule has 334 valence electrons. The fourth-order valence-corrected chi connectivity index (χ4v) is 7.05. The number of unbranched alkanes of at least 4 members (excludes halogenated alkanes) is 22. The number of hydrogen-bond acceptors (Lipinski definition) is 8. The summed E-state index contributed by atoms with van der Waals surface area (Å²) in [5, 5.41) is 0. The first-order chi connectivity index (χ1) is 27.5. The third kappa shape index (κ3) is 43.6. The van der Waals surface area contributed by atoms with Gasteiger partial charge in [-0.2, -0.15) is 0 Å². The van der Waals surface area contributed by atoms with Crippen molar-refractivity contribution in [3.8, 4) is 0 Å². The van der Waals surface area contributed by atoms with E-state index >= 15 is 0 Å². The van der Waals surface area contributed by atoms with E-state index < -0.39 is 26.5 Å². The third-order valence-corrected chi connectivity index (χ3v) is 10.9. The van der Waals surface area contributed by atoms with Crippen LogP contribution in [0.15, 0.2) is 36.5 Å². The summed E-state index contributed by atoms with van der Waals surface area (Å²) in [6.45, 7) is 4.12. The number of likely N-dealkylation sites (N-methyl/N-ethyl adjacent to an activating group) is 1. The molecular weight excluding hydrogens is 737 g/mol. The van der Waals surface area contributed by atoms with Gasteiger partial charge in [0.15, 0.2) is 6.10 Å². The number of ether oxygens (including phenoxy) is 2. The van der Waals surface area contributed by atoms with Gasteiger partial charge in [0.05, 0.1) is 27.7 Å². The molecular formula is C47H88NO8P. The largest absolute Gasteiger partial charge is 0.756 e. The molecule has 0 spiro atoms. The van der Waals surface area contributed by atoms with Crippen LogP contribution in [0.3, 0.4) is 0 Å². The van der Waals surface area contributed by atoms with E-state index in [0.29, 0.717) is 17.4 Å². The van der Waals surface area contributed by atoms with Gasteiger partial charge in [0.25, 0.3) is 7.82 Å². The molecule has 0 heterocycles. The van der Waals surface area contributed by atoms with Crippen molar-refractivity contribution in [2.24, 2.45) is 0 Å². The van der Waals surface area contributed by atoms with Gasteiger partial charge in [-0.05, 0) is 44.9 Å². The molecule has 0 aliphatic heterocycles. The molecule has 0 N–H and O–H groups in total. The van der Waals surface area contributed by atoms with Crippen molar-refractivity contribution in [1.29, 1.82) is 0 Å². The average Bonchev–Trinajstić information content (AvgIpc) is 3.16. The number of esters is 2. The number of hydrogen-bond donors (Lipinski definition) is 0. The van der Waals surface area contributed by atoms with Crippen LogP contribution in [0.5, 0.6) is 0 Å². The van der Waals surface area contributed by atoms with Crippen LogP contribution >= 0.6 is 7.82 Å². The molecule has 0 aromatic carbocycles. The maximum absolute atomic E-state index is 12.7. The smallest absolute Gasteiger partial charge is 0.306 e. The van der Waals surface area contributed by atoms with E-state index in [1.165, 1.54) is 103 Å². The van der Waals surface area contributed by atoms with Crippen LogP contribution in [0, 0.1) is 0 Å². The van der Waals surface area contributed by atoms with E-state index in [4.69, 9.17) is 18.5 Å². The Morgan fingerprint density at radius 1 is 0.561 bits per heavy atom. The summed E-state index contributed by atoms with van der Waals surface area (Å²) in [6.07, 6.45) is 44.5. The molecule has 0 aromatic rings. The van der Waals surface area contributed by atoms with E-state index in [-0.39, 0.29) is 32.0 Å². The third-order valence-electron chi connectivity index (χ3n) is 9.92. The normalized spacial score (nSPS) is 13.9. The van der Waals surface area contributed by atoms with Crippen LogP contribution in [0.2, 0.25) is 0 Å². The first-order valence-electron chi connectivity index (χ1n) is 23.2. The highest BCUT2D eigenvalue weighted by atomic mass is 31.2. The zero-order valence-electron chi connectivity index (χ0n) is 37.5. The Bertz CT molecular complexity index is 1070. The Morgan fingerprint density at radius 2 is 1.00 bits per heavy atom. The fourth-order valence-electron chi connectivity index (χ4n) is 6.32. The predicted molar refractivity (Wildman–Crippen MR) is 236 cm³/mol. The molecule has 57 heavy (non-hydrogen) atoms. The van der Waals surface area contributed by atoms with E-state index in [1.54, 1.807) is 0 Å². The quantitative estimate of drug-likeness (QED) is 0.0197. The highest BCUT2D eigenvalue weighted by Crippen LogP contribution is 2.38. The second-order valence-corrected chi connectivity index (χ2v) is 18.2. The van der Waals surface area contributed by atoms with Gasteiger partial charge in [-0.3, -0.25) is 14.2 Å².